The number of hydrogen-bond acceptors (Lipinski definition) is 3. The molecular formula is C21H20Cl2N2O. The minimum absolute atomic E-state index is 0.128. The summed E-state index contributed by atoms with van der Waals surface area (Å²) in [5.74, 6) is 0.795. The number of benzene rings is 2. The molecule has 2 heterocycles. The smallest absolute Gasteiger partial charge is 0.198 e. The summed E-state index contributed by atoms with van der Waals surface area (Å²) in [4.78, 5) is 0. The van der Waals surface area contributed by atoms with Crippen LogP contribution in [-0.2, 0) is 0 Å². The molecule has 2 aromatic carbocycles. The van der Waals surface area contributed by atoms with Crippen LogP contribution >= 0.6 is 23.2 Å². The number of nitrogens with zero attached hydrogens (tertiary/aromatic N) is 2. The average Bonchev–Trinajstić information content (AvgIpc) is 3.12. The van der Waals surface area contributed by atoms with Gasteiger partial charge in [0.2, 0.25) is 0 Å². The Morgan fingerprint density at radius 1 is 1.04 bits per heavy atom. The molecule has 1 aliphatic carbocycles. The molecule has 1 saturated carbocycles. The number of hydrazone groups is 1. The van der Waals surface area contributed by atoms with Crippen molar-refractivity contribution in [1.82, 2.24) is 5.01 Å². The van der Waals surface area contributed by atoms with E-state index in [-0.39, 0.29) is 11.8 Å². The first-order valence-electron chi connectivity index (χ1n) is 9.26. The largest absolute Gasteiger partial charge is 0.465 e. The van der Waals surface area contributed by atoms with Gasteiger partial charge in [-0.15, -0.1) is 0 Å². The molecule has 0 radical (unpaired) electrons. The van der Waals surface area contributed by atoms with Crippen LogP contribution < -0.4 is 4.74 Å². The highest BCUT2D eigenvalue weighted by Gasteiger charge is 2.51. The maximum absolute atomic E-state index is 6.57. The molecule has 0 aromatic heterocycles. The maximum Gasteiger partial charge on any atom is 0.198 e. The molecule has 5 heteroatoms. The summed E-state index contributed by atoms with van der Waals surface area (Å²) in [6.07, 6.45) is 6.36. The van der Waals surface area contributed by atoms with Gasteiger partial charge >= 0.3 is 0 Å². The summed E-state index contributed by atoms with van der Waals surface area (Å²) in [6.45, 7) is 0. The van der Waals surface area contributed by atoms with E-state index in [2.05, 4.69) is 29.3 Å². The highest BCUT2D eigenvalue weighted by Crippen LogP contribution is 2.53. The summed E-state index contributed by atoms with van der Waals surface area (Å²) >= 11 is 12.8. The predicted octanol–water partition coefficient (Wildman–Crippen LogP) is 6.20. The fourth-order valence-electron chi connectivity index (χ4n) is 4.54. The van der Waals surface area contributed by atoms with E-state index in [9.17, 15) is 0 Å². The molecule has 3 aliphatic rings. The first kappa shape index (κ1) is 16.5. The van der Waals surface area contributed by atoms with Crippen molar-refractivity contribution in [2.24, 2.45) is 5.10 Å². The first-order chi connectivity index (χ1) is 12.7. The standard InChI is InChI=1S/C21H20Cl2N2O/c22-15-11-16-19-13-18(14-7-3-1-4-8-14)24-25(19)21(9-5-2-6-10-21)26-20(16)17(23)12-15/h1,3-4,7-8,11-12,19H,2,5-6,9-10,13H2. The fraction of sp³-hybridized carbons (Fsp3) is 0.381. The van der Waals surface area contributed by atoms with Crippen LogP contribution in [0.2, 0.25) is 10.0 Å². The Labute approximate surface area is 163 Å². The Morgan fingerprint density at radius 3 is 2.58 bits per heavy atom. The van der Waals surface area contributed by atoms with E-state index in [0.717, 1.165) is 49.1 Å². The molecule has 1 fully saturated rings. The lowest BCUT2D eigenvalue weighted by Gasteiger charge is -2.49. The fourth-order valence-corrected chi connectivity index (χ4v) is 5.09. The predicted molar refractivity (Wildman–Crippen MR) is 105 cm³/mol. The molecule has 1 atom stereocenters. The van der Waals surface area contributed by atoms with Gasteiger partial charge in [-0.1, -0.05) is 60.0 Å². The second kappa shape index (κ2) is 6.17. The van der Waals surface area contributed by atoms with E-state index in [1.807, 2.05) is 12.1 Å². The van der Waals surface area contributed by atoms with E-state index in [1.54, 1.807) is 6.07 Å². The molecule has 26 heavy (non-hydrogen) atoms. The van der Waals surface area contributed by atoms with Crippen molar-refractivity contribution in [3.05, 3.63) is 63.6 Å². The lowest BCUT2D eigenvalue weighted by molar-refractivity contribution is -0.140. The van der Waals surface area contributed by atoms with Crippen LogP contribution in [0.1, 0.15) is 55.7 Å². The number of halogens is 2. The molecule has 0 amide bonds. The van der Waals surface area contributed by atoms with Gasteiger partial charge in [0.1, 0.15) is 5.75 Å². The molecule has 1 unspecified atom stereocenters. The van der Waals surface area contributed by atoms with Crippen molar-refractivity contribution in [2.45, 2.75) is 50.3 Å². The van der Waals surface area contributed by atoms with Crippen molar-refractivity contribution in [3.8, 4) is 5.75 Å². The summed E-state index contributed by atoms with van der Waals surface area (Å²) in [5.41, 5.74) is 2.94. The average molecular weight is 387 g/mol. The van der Waals surface area contributed by atoms with E-state index in [4.69, 9.17) is 33.0 Å². The highest BCUT2D eigenvalue weighted by atomic mass is 35.5. The molecule has 0 N–H and O–H groups in total. The van der Waals surface area contributed by atoms with Gasteiger partial charge in [-0.05, 0) is 30.5 Å². The molecular weight excluding hydrogens is 367 g/mol. The van der Waals surface area contributed by atoms with Crippen molar-refractivity contribution in [2.75, 3.05) is 0 Å². The van der Waals surface area contributed by atoms with Gasteiger partial charge in [-0.2, -0.15) is 5.10 Å². The van der Waals surface area contributed by atoms with Crippen LogP contribution in [-0.4, -0.2) is 16.4 Å². The SMILES string of the molecule is Clc1cc(Cl)c2c(c1)C1CC(c3ccccc3)=NN1C1(CCCCC1)O2. The number of hydrogen-bond donors (Lipinski definition) is 0. The van der Waals surface area contributed by atoms with Gasteiger partial charge in [0.15, 0.2) is 5.72 Å². The van der Waals surface area contributed by atoms with Gasteiger partial charge in [0.25, 0.3) is 0 Å². The van der Waals surface area contributed by atoms with Crippen LogP contribution in [0.15, 0.2) is 47.6 Å². The van der Waals surface area contributed by atoms with E-state index in [1.165, 1.54) is 12.0 Å². The molecule has 3 nitrogen and oxygen atoms in total. The zero-order valence-corrected chi connectivity index (χ0v) is 15.9. The van der Waals surface area contributed by atoms with Crippen LogP contribution in [0.3, 0.4) is 0 Å². The minimum Gasteiger partial charge on any atom is -0.465 e. The number of fused-ring (bicyclic) bond motifs is 4. The van der Waals surface area contributed by atoms with Gasteiger partial charge < -0.3 is 4.74 Å². The lowest BCUT2D eigenvalue weighted by atomic mass is 9.86. The van der Waals surface area contributed by atoms with Gasteiger partial charge in [-0.25, -0.2) is 5.01 Å². The van der Waals surface area contributed by atoms with Crippen LogP contribution in [0.4, 0.5) is 0 Å². The molecule has 0 saturated heterocycles. The van der Waals surface area contributed by atoms with Gasteiger partial charge in [-0.3, -0.25) is 0 Å². The Morgan fingerprint density at radius 2 is 1.81 bits per heavy atom. The maximum atomic E-state index is 6.57. The quantitative estimate of drug-likeness (QED) is 0.582. The van der Waals surface area contributed by atoms with Gasteiger partial charge in [0.05, 0.1) is 16.8 Å². The minimum atomic E-state index is -0.385. The molecule has 5 rings (SSSR count). The van der Waals surface area contributed by atoms with Crippen molar-refractivity contribution in [3.63, 3.8) is 0 Å². The van der Waals surface area contributed by atoms with Crippen LogP contribution in [0.25, 0.3) is 0 Å². The Kier molecular flexibility index (Phi) is 3.91. The summed E-state index contributed by atoms with van der Waals surface area (Å²) in [6, 6.07) is 14.3. The second-order valence-electron chi connectivity index (χ2n) is 7.39. The number of ether oxygens (including phenoxy) is 1. The number of rotatable bonds is 1. The summed E-state index contributed by atoms with van der Waals surface area (Å²) in [7, 11) is 0. The normalized spacial score (nSPS) is 23.2. The third kappa shape index (κ3) is 2.52. The lowest BCUT2D eigenvalue weighted by Crippen LogP contribution is -2.54. The molecule has 134 valence electrons. The Balaban J connectivity index is 1.64. The molecule has 1 spiro atoms. The topological polar surface area (TPSA) is 24.8 Å². The van der Waals surface area contributed by atoms with E-state index >= 15 is 0 Å². The first-order valence-corrected chi connectivity index (χ1v) is 10.0. The molecule has 2 aliphatic heterocycles. The van der Waals surface area contributed by atoms with Gasteiger partial charge in [0, 0.05) is 29.8 Å². The Hall–Kier alpha value is -1.71. The third-order valence-corrected chi connectivity index (χ3v) is 6.26. The second-order valence-corrected chi connectivity index (χ2v) is 8.24. The molecule has 0 bridgehead atoms. The van der Waals surface area contributed by atoms with Crippen LogP contribution in [0.5, 0.6) is 5.75 Å². The third-order valence-electron chi connectivity index (χ3n) is 5.76. The van der Waals surface area contributed by atoms with Crippen molar-refractivity contribution >= 4 is 28.9 Å². The monoisotopic (exact) mass is 386 g/mol. The van der Waals surface area contributed by atoms with E-state index < -0.39 is 0 Å². The van der Waals surface area contributed by atoms with E-state index in [0.29, 0.717) is 10.0 Å². The van der Waals surface area contributed by atoms with Crippen molar-refractivity contribution < 1.29 is 4.74 Å². The molecule has 2 aromatic rings. The zero-order valence-electron chi connectivity index (χ0n) is 14.4. The Bertz CT molecular complexity index is 875. The van der Waals surface area contributed by atoms with Crippen LogP contribution in [0, 0.1) is 0 Å². The van der Waals surface area contributed by atoms with Crippen molar-refractivity contribution in [1.29, 1.82) is 0 Å². The zero-order chi connectivity index (χ0) is 17.7. The highest BCUT2D eigenvalue weighted by molar-refractivity contribution is 6.35. The summed E-state index contributed by atoms with van der Waals surface area (Å²) in [5, 5.41) is 8.51. The summed E-state index contributed by atoms with van der Waals surface area (Å²) < 4.78 is 6.57.